The van der Waals surface area contributed by atoms with E-state index in [1.807, 2.05) is 0 Å². The summed E-state index contributed by atoms with van der Waals surface area (Å²) in [5.74, 6) is 1.56. The number of nitrogens with two attached hydrogens (primary N) is 1. The second-order valence-corrected chi connectivity index (χ2v) is 6.58. The molecule has 0 amide bonds. The summed E-state index contributed by atoms with van der Waals surface area (Å²) in [5.41, 5.74) is 7.71. The van der Waals surface area contributed by atoms with Gasteiger partial charge in [0.25, 0.3) is 0 Å². The molecule has 0 bridgehead atoms. The van der Waals surface area contributed by atoms with Crippen LogP contribution in [0, 0.1) is 5.92 Å². The maximum absolute atomic E-state index is 6.26. The molecular weight excluding hydrogens is 246 g/mol. The van der Waals surface area contributed by atoms with Crippen molar-refractivity contribution in [3.8, 4) is 0 Å². The van der Waals surface area contributed by atoms with Gasteiger partial charge in [0.2, 0.25) is 0 Å². The summed E-state index contributed by atoms with van der Waals surface area (Å²) >= 11 is 0. The highest BCUT2D eigenvalue weighted by molar-refractivity contribution is 5.20. The molecular formula is C18H27NO. The highest BCUT2D eigenvalue weighted by Crippen LogP contribution is 2.34. The van der Waals surface area contributed by atoms with Crippen molar-refractivity contribution in [3.05, 3.63) is 35.9 Å². The number of rotatable bonds is 5. The van der Waals surface area contributed by atoms with E-state index in [4.69, 9.17) is 10.5 Å². The zero-order chi connectivity index (χ0) is 13.8. The topological polar surface area (TPSA) is 35.2 Å². The van der Waals surface area contributed by atoms with Crippen molar-refractivity contribution in [1.29, 1.82) is 0 Å². The summed E-state index contributed by atoms with van der Waals surface area (Å²) < 4.78 is 6.13. The van der Waals surface area contributed by atoms with Crippen LogP contribution in [-0.2, 0) is 4.74 Å². The summed E-state index contributed by atoms with van der Waals surface area (Å²) in [6, 6.07) is 11.1. The minimum absolute atomic E-state index is 0.233. The van der Waals surface area contributed by atoms with Crippen molar-refractivity contribution < 1.29 is 4.74 Å². The first-order valence-electron chi connectivity index (χ1n) is 8.25. The van der Waals surface area contributed by atoms with E-state index in [-0.39, 0.29) is 12.1 Å². The zero-order valence-corrected chi connectivity index (χ0v) is 12.3. The molecule has 20 heavy (non-hydrogen) atoms. The second kappa shape index (κ2) is 6.73. The van der Waals surface area contributed by atoms with Crippen LogP contribution in [0.2, 0.25) is 0 Å². The molecule has 0 radical (unpaired) electrons. The van der Waals surface area contributed by atoms with Crippen LogP contribution >= 0.6 is 0 Å². The van der Waals surface area contributed by atoms with Crippen molar-refractivity contribution in [2.24, 2.45) is 11.7 Å². The number of hydrogen-bond acceptors (Lipinski definition) is 2. The Labute approximate surface area is 122 Å². The van der Waals surface area contributed by atoms with Crippen LogP contribution in [0.1, 0.15) is 56.4 Å². The molecule has 1 aromatic carbocycles. The SMILES string of the molecule is NC1CCC(c2ccccc2)CC1OCCC1CCC1. The van der Waals surface area contributed by atoms with Gasteiger partial charge in [-0.15, -0.1) is 0 Å². The molecule has 2 heteroatoms. The lowest BCUT2D eigenvalue weighted by molar-refractivity contribution is -0.000737. The van der Waals surface area contributed by atoms with E-state index >= 15 is 0 Å². The fraction of sp³-hybridized carbons (Fsp3) is 0.667. The van der Waals surface area contributed by atoms with Gasteiger partial charge in [0.1, 0.15) is 0 Å². The molecule has 3 unspecified atom stereocenters. The molecule has 0 aliphatic heterocycles. The lowest BCUT2D eigenvalue weighted by Gasteiger charge is -2.35. The molecule has 3 atom stereocenters. The Bertz CT molecular complexity index is 401. The standard InChI is InChI=1S/C18H27NO/c19-17-10-9-16(15-7-2-1-3-8-15)13-18(17)20-12-11-14-5-4-6-14/h1-3,7-8,14,16-18H,4-6,9-13,19H2. The first kappa shape index (κ1) is 14.1. The Kier molecular flexibility index (Phi) is 4.74. The molecule has 2 fully saturated rings. The first-order valence-corrected chi connectivity index (χ1v) is 8.25. The third-order valence-electron chi connectivity index (χ3n) is 5.20. The van der Waals surface area contributed by atoms with Crippen LogP contribution < -0.4 is 5.73 Å². The Balaban J connectivity index is 1.50. The normalized spacial score (nSPS) is 30.9. The summed E-state index contributed by atoms with van der Waals surface area (Å²) in [6.07, 6.45) is 9.12. The van der Waals surface area contributed by atoms with E-state index < -0.39 is 0 Å². The van der Waals surface area contributed by atoms with Crippen molar-refractivity contribution in [2.45, 2.75) is 63.0 Å². The fourth-order valence-electron chi connectivity index (χ4n) is 3.54. The lowest BCUT2D eigenvalue weighted by atomic mass is 9.80. The second-order valence-electron chi connectivity index (χ2n) is 6.58. The Morgan fingerprint density at radius 3 is 2.55 bits per heavy atom. The van der Waals surface area contributed by atoms with E-state index in [0.29, 0.717) is 5.92 Å². The van der Waals surface area contributed by atoms with Gasteiger partial charge in [-0.1, -0.05) is 49.6 Å². The summed E-state index contributed by atoms with van der Waals surface area (Å²) in [5, 5.41) is 0. The predicted molar refractivity (Wildman–Crippen MR) is 82.7 cm³/mol. The third-order valence-corrected chi connectivity index (χ3v) is 5.20. The third kappa shape index (κ3) is 3.42. The molecule has 110 valence electrons. The van der Waals surface area contributed by atoms with Gasteiger partial charge in [-0.3, -0.25) is 0 Å². The molecule has 2 aliphatic carbocycles. The van der Waals surface area contributed by atoms with Crippen molar-refractivity contribution in [1.82, 2.24) is 0 Å². The van der Waals surface area contributed by atoms with Gasteiger partial charge >= 0.3 is 0 Å². The fourth-order valence-corrected chi connectivity index (χ4v) is 3.54. The Morgan fingerprint density at radius 1 is 1.05 bits per heavy atom. The first-order chi connectivity index (χ1) is 9.83. The smallest absolute Gasteiger partial charge is 0.0731 e. The Hall–Kier alpha value is -0.860. The highest BCUT2D eigenvalue weighted by atomic mass is 16.5. The molecule has 2 saturated carbocycles. The van der Waals surface area contributed by atoms with E-state index in [2.05, 4.69) is 30.3 Å². The molecule has 0 heterocycles. The van der Waals surface area contributed by atoms with Gasteiger partial charge in [-0.05, 0) is 43.1 Å². The predicted octanol–water partition coefficient (Wildman–Crippen LogP) is 3.86. The van der Waals surface area contributed by atoms with E-state index in [1.165, 1.54) is 37.7 Å². The lowest BCUT2D eigenvalue weighted by Crippen LogP contribution is -2.41. The number of hydrogen-bond donors (Lipinski definition) is 1. The Morgan fingerprint density at radius 2 is 1.85 bits per heavy atom. The minimum atomic E-state index is 0.233. The number of ether oxygens (including phenoxy) is 1. The summed E-state index contributed by atoms with van der Waals surface area (Å²) in [6.45, 7) is 0.907. The van der Waals surface area contributed by atoms with E-state index in [1.54, 1.807) is 0 Å². The molecule has 2 N–H and O–H groups in total. The van der Waals surface area contributed by atoms with Gasteiger partial charge in [0.05, 0.1) is 6.10 Å². The van der Waals surface area contributed by atoms with Crippen molar-refractivity contribution >= 4 is 0 Å². The van der Waals surface area contributed by atoms with Gasteiger partial charge < -0.3 is 10.5 Å². The molecule has 1 aromatic rings. The van der Waals surface area contributed by atoms with Crippen molar-refractivity contribution in [3.63, 3.8) is 0 Å². The van der Waals surface area contributed by atoms with Gasteiger partial charge in [-0.25, -0.2) is 0 Å². The average Bonchev–Trinajstić information content (AvgIpc) is 2.44. The van der Waals surface area contributed by atoms with Crippen LogP contribution in [0.15, 0.2) is 30.3 Å². The molecule has 0 aromatic heterocycles. The van der Waals surface area contributed by atoms with Crippen LogP contribution in [0.4, 0.5) is 0 Å². The summed E-state index contributed by atoms with van der Waals surface area (Å²) in [7, 11) is 0. The van der Waals surface area contributed by atoms with Crippen molar-refractivity contribution in [2.75, 3.05) is 6.61 Å². The maximum Gasteiger partial charge on any atom is 0.0731 e. The van der Waals surface area contributed by atoms with E-state index in [0.717, 1.165) is 25.4 Å². The molecule has 0 spiro atoms. The van der Waals surface area contributed by atoms with Gasteiger partial charge in [0.15, 0.2) is 0 Å². The minimum Gasteiger partial charge on any atom is -0.377 e. The van der Waals surface area contributed by atoms with E-state index in [9.17, 15) is 0 Å². The van der Waals surface area contributed by atoms with Crippen LogP contribution in [0.5, 0.6) is 0 Å². The molecule has 2 aliphatic rings. The zero-order valence-electron chi connectivity index (χ0n) is 12.3. The molecule has 3 rings (SSSR count). The monoisotopic (exact) mass is 273 g/mol. The van der Waals surface area contributed by atoms with Crippen LogP contribution in [-0.4, -0.2) is 18.8 Å². The van der Waals surface area contributed by atoms with Crippen LogP contribution in [0.25, 0.3) is 0 Å². The highest BCUT2D eigenvalue weighted by Gasteiger charge is 2.29. The molecule has 2 nitrogen and oxygen atoms in total. The number of benzene rings is 1. The van der Waals surface area contributed by atoms with Gasteiger partial charge in [-0.2, -0.15) is 0 Å². The molecule has 0 saturated heterocycles. The quantitative estimate of drug-likeness (QED) is 0.884. The summed E-state index contributed by atoms with van der Waals surface area (Å²) in [4.78, 5) is 0. The van der Waals surface area contributed by atoms with Gasteiger partial charge in [0, 0.05) is 12.6 Å². The van der Waals surface area contributed by atoms with Crippen LogP contribution in [0.3, 0.4) is 0 Å². The average molecular weight is 273 g/mol. The largest absolute Gasteiger partial charge is 0.377 e. The maximum atomic E-state index is 6.26.